The van der Waals surface area contributed by atoms with Gasteiger partial charge in [0.2, 0.25) is 0 Å². The third kappa shape index (κ3) is 4.22. The van der Waals surface area contributed by atoms with Gasteiger partial charge in [-0.05, 0) is 47.4 Å². The monoisotopic (exact) mass is 449 g/mol. The van der Waals surface area contributed by atoms with Crippen molar-refractivity contribution in [2.45, 2.75) is 18.8 Å². The van der Waals surface area contributed by atoms with Crippen LogP contribution < -0.4 is 0 Å². The molecule has 33 heavy (non-hydrogen) atoms. The maximum atomic E-state index is 14.1. The van der Waals surface area contributed by atoms with Crippen molar-refractivity contribution in [1.82, 2.24) is 4.98 Å². The summed E-state index contributed by atoms with van der Waals surface area (Å²) in [6, 6.07) is 33.9. The lowest BCUT2D eigenvalue weighted by Gasteiger charge is -2.27. The number of halogens is 1. The fourth-order valence-electron chi connectivity index (χ4n) is 4.68. The summed E-state index contributed by atoms with van der Waals surface area (Å²) in [5, 5.41) is 1.81. The Bertz CT molecular complexity index is 1390. The van der Waals surface area contributed by atoms with Gasteiger partial charge in [0.1, 0.15) is 0 Å². The minimum atomic E-state index is -0.393. The molecule has 2 nitrogen and oxygen atoms in total. The molecule has 0 amide bonds. The maximum absolute atomic E-state index is 14.1. The topological polar surface area (TPSA) is 32.9 Å². The number of ketones is 1. The molecule has 0 saturated heterocycles. The molecule has 0 aliphatic rings. The largest absolute Gasteiger partial charge is 0.361 e. The second kappa shape index (κ2) is 9.09. The van der Waals surface area contributed by atoms with E-state index in [2.05, 4.69) is 36.3 Å². The zero-order valence-corrected chi connectivity index (χ0v) is 19.1. The third-order valence-electron chi connectivity index (χ3n) is 6.27. The minimum Gasteiger partial charge on any atom is -0.361 e. The quantitative estimate of drug-likeness (QED) is 0.262. The second-order valence-electron chi connectivity index (χ2n) is 8.44. The molecule has 0 spiro atoms. The number of aromatic amines is 1. The highest BCUT2D eigenvalue weighted by molar-refractivity contribution is 6.30. The molecule has 0 aliphatic carbocycles. The lowest BCUT2D eigenvalue weighted by molar-refractivity contribution is 0.0952. The molecule has 0 saturated carbocycles. The predicted molar refractivity (Wildman–Crippen MR) is 136 cm³/mol. The van der Waals surface area contributed by atoms with Crippen LogP contribution in [-0.2, 0) is 0 Å². The standard InChI is InChI=1S/C30H24ClNO/c1-20-12-17-25-26(19-32-27(25)18-20)28(22-13-15-24(31)16-14-22)29(21-8-4-2-5-9-21)30(33)23-10-6-3-7-11-23/h2-19,28-29,32H,1H3. The van der Waals surface area contributed by atoms with Crippen LogP contribution in [0.15, 0.2) is 109 Å². The van der Waals surface area contributed by atoms with Crippen molar-refractivity contribution < 1.29 is 4.79 Å². The molecule has 0 radical (unpaired) electrons. The lowest BCUT2D eigenvalue weighted by atomic mass is 9.73. The van der Waals surface area contributed by atoms with Crippen LogP contribution in [0.4, 0.5) is 0 Å². The SMILES string of the molecule is Cc1ccc2c(C(c3ccc(Cl)cc3)C(C(=O)c3ccccc3)c3ccccc3)c[nH]c2c1. The molecule has 0 bridgehead atoms. The normalized spacial score (nSPS) is 13.0. The highest BCUT2D eigenvalue weighted by atomic mass is 35.5. The van der Waals surface area contributed by atoms with Crippen molar-refractivity contribution in [3.8, 4) is 0 Å². The van der Waals surface area contributed by atoms with Crippen LogP contribution in [0.2, 0.25) is 5.02 Å². The van der Waals surface area contributed by atoms with E-state index >= 15 is 0 Å². The predicted octanol–water partition coefficient (Wildman–Crippen LogP) is 7.93. The van der Waals surface area contributed by atoms with E-state index in [1.807, 2.05) is 84.9 Å². The Morgan fingerprint density at radius 3 is 2.15 bits per heavy atom. The van der Waals surface area contributed by atoms with Crippen LogP contribution >= 0.6 is 11.6 Å². The van der Waals surface area contributed by atoms with Gasteiger partial charge in [0.15, 0.2) is 5.78 Å². The zero-order valence-electron chi connectivity index (χ0n) is 18.3. The number of carbonyl (C=O) groups is 1. The maximum Gasteiger partial charge on any atom is 0.171 e. The number of benzene rings is 4. The van der Waals surface area contributed by atoms with Crippen molar-refractivity contribution in [2.75, 3.05) is 0 Å². The number of rotatable bonds is 6. The van der Waals surface area contributed by atoms with Crippen molar-refractivity contribution in [3.05, 3.63) is 142 Å². The van der Waals surface area contributed by atoms with E-state index in [-0.39, 0.29) is 11.7 Å². The number of hydrogen-bond acceptors (Lipinski definition) is 1. The Kier molecular flexibility index (Phi) is 5.85. The summed E-state index contributed by atoms with van der Waals surface area (Å²) in [5.41, 5.74) is 6.13. The van der Waals surface area contributed by atoms with Crippen LogP contribution in [-0.4, -0.2) is 10.8 Å². The van der Waals surface area contributed by atoms with Crippen LogP contribution in [0, 0.1) is 6.92 Å². The number of nitrogens with one attached hydrogen (secondary N) is 1. The molecule has 0 aliphatic heterocycles. The van der Waals surface area contributed by atoms with Gasteiger partial charge in [-0.15, -0.1) is 0 Å². The summed E-state index contributed by atoms with van der Waals surface area (Å²) in [6.07, 6.45) is 2.05. The average molecular weight is 450 g/mol. The Labute approximate surface area is 198 Å². The number of H-pyrrole nitrogens is 1. The highest BCUT2D eigenvalue weighted by Gasteiger charge is 2.34. The van der Waals surface area contributed by atoms with Gasteiger partial charge in [0.25, 0.3) is 0 Å². The van der Waals surface area contributed by atoms with Gasteiger partial charge in [-0.2, -0.15) is 0 Å². The van der Waals surface area contributed by atoms with Gasteiger partial charge in [0.05, 0.1) is 5.92 Å². The van der Waals surface area contributed by atoms with E-state index in [1.165, 1.54) is 5.56 Å². The summed E-state index contributed by atoms with van der Waals surface area (Å²) < 4.78 is 0. The van der Waals surface area contributed by atoms with E-state index in [0.29, 0.717) is 10.6 Å². The number of fused-ring (bicyclic) bond motifs is 1. The highest BCUT2D eigenvalue weighted by Crippen LogP contribution is 2.43. The number of aryl methyl sites for hydroxylation is 1. The van der Waals surface area contributed by atoms with Crippen LogP contribution in [0.5, 0.6) is 0 Å². The van der Waals surface area contributed by atoms with Crippen molar-refractivity contribution in [2.24, 2.45) is 0 Å². The number of Topliss-reactive ketones (excluding diaryl/α,β-unsaturated/α-hetero) is 1. The molecule has 5 rings (SSSR count). The van der Waals surface area contributed by atoms with Gasteiger partial charge < -0.3 is 4.98 Å². The van der Waals surface area contributed by atoms with Gasteiger partial charge in [-0.25, -0.2) is 0 Å². The second-order valence-corrected chi connectivity index (χ2v) is 8.88. The first-order valence-electron chi connectivity index (χ1n) is 11.1. The zero-order chi connectivity index (χ0) is 22.8. The summed E-state index contributed by atoms with van der Waals surface area (Å²) in [7, 11) is 0. The van der Waals surface area contributed by atoms with E-state index in [0.717, 1.165) is 27.6 Å². The minimum absolute atomic E-state index is 0.100. The van der Waals surface area contributed by atoms with Gasteiger partial charge >= 0.3 is 0 Å². The van der Waals surface area contributed by atoms with E-state index in [9.17, 15) is 4.79 Å². The summed E-state index contributed by atoms with van der Waals surface area (Å²) in [5.74, 6) is -0.480. The van der Waals surface area contributed by atoms with Crippen LogP contribution in [0.25, 0.3) is 10.9 Å². The molecule has 2 unspecified atom stereocenters. The van der Waals surface area contributed by atoms with E-state index < -0.39 is 5.92 Å². The Morgan fingerprint density at radius 1 is 0.788 bits per heavy atom. The fourth-order valence-corrected chi connectivity index (χ4v) is 4.81. The fraction of sp³-hybridized carbons (Fsp3) is 0.100. The van der Waals surface area contributed by atoms with Gasteiger partial charge in [-0.3, -0.25) is 4.79 Å². The molecule has 2 atom stereocenters. The summed E-state index contributed by atoms with van der Waals surface area (Å²) in [6.45, 7) is 2.09. The number of hydrogen-bond donors (Lipinski definition) is 1. The van der Waals surface area contributed by atoms with Gasteiger partial charge in [-0.1, -0.05) is 96.5 Å². The first-order chi connectivity index (χ1) is 16.1. The Morgan fingerprint density at radius 2 is 1.45 bits per heavy atom. The Hall–Kier alpha value is -3.62. The summed E-state index contributed by atoms with van der Waals surface area (Å²) >= 11 is 6.24. The molecular formula is C30H24ClNO. The van der Waals surface area contributed by atoms with E-state index in [1.54, 1.807) is 0 Å². The Balaban J connectivity index is 1.76. The molecular weight excluding hydrogens is 426 g/mol. The molecule has 1 heterocycles. The lowest BCUT2D eigenvalue weighted by Crippen LogP contribution is -2.22. The molecule has 0 fully saturated rings. The molecule has 1 aromatic heterocycles. The van der Waals surface area contributed by atoms with Crippen molar-refractivity contribution >= 4 is 28.3 Å². The molecule has 4 aromatic carbocycles. The third-order valence-corrected chi connectivity index (χ3v) is 6.52. The first-order valence-corrected chi connectivity index (χ1v) is 11.5. The molecule has 162 valence electrons. The van der Waals surface area contributed by atoms with Crippen LogP contribution in [0.3, 0.4) is 0 Å². The number of carbonyl (C=O) groups excluding carboxylic acids is 1. The first kappa shape index (κ1) is 21.2. The summed E-state index contributed by atoms with van der Waals surface area (Å²) in [4.78, 5) is 17.5. The number of aromatic nitrogens is 1. The average Bonchev–Trinajstić information content (AvgIpc) is 3.26. The molecule has 5 aromatic rings. The van der Waals surface area contributed by atoms with Gasteiger partial charge in [0, 0.05) is 33.6 Å². The van der Waals surface area contributed by atoms with Crippen LogP contribution in [0.1, 0.15) is 44.4 Å². The van der Waals surface area contributed by atoms with Crippen molar-refractivity contribution in [1.29, 1.82) is 0 Å². The smallest absolute Gasteiger partial charge is 0.171 e. The molecule has 3 heteroatoms. The van der Waals surface area contributed by atoms with E-state index in [4.69, 9.17) is 11.6 Å². The molecule has 1 N–H and O–H groups in total. The van der Waals surface area contributed by atoms with Crippen molar-refractivity contribution in [3.63, 3.8) is 0 Å².